The number of amides is 1. The summed E-state index contributed by atoms with van der Waals surface area (Å²) in [5.41, 5.74) is 4.63. The lowest BCUT2D eigenvalue weighted by molar-refractivity contribution is -0.0722. The van der Waals surface area contributed by atoms with Crippen LogP contribution in [0.4, 0.5) is 29.6 Å². The summed E-state index contributed by atoms with van der Waals surface area (Å²) >= 11 is 0. The van der Waals surface area contributed by atoms with Gasteiger partial charge in [0.15, 0.2) is 0 Å². The number of ether oxygens (including phenoxy) is 2. The van der Waals surface area contributed by atoms with Gasteiger partial charge < -0.3 is 25.4 Å². The molecule has 3 aromatic rings. The highest BCUT2D eigenvalue weighted by molar-refractivity contribution is 6.16. The predicted octanol–water partition coefficient (Wildman–Crippen LogP) is 5.46. The maximum absolute atomic E-state index is 15.1. The molecule has 9 nitrogen and oxygen atoms in total. The van der Waals surface area contributed by atoms with Gasteiger partial charge in [0.05, 0.1) is 23.9 Å². The molecule has 4 N–H and O–H groups in total. The van der Waals surface area contributed by atoms with E-state index < -0.39 is 42.4 Å². The zero-order chi connectivity index (χ0) is 28.4. The van der Waals surface area contributed by atoms with Crippen molar-refractivity contribution in [2.75, 3.05) is 24.1 Å². The van der Waals surface area contributed by atoms with Gasteiger partial charge in [0.1, 0.15) is 40.9 Å². The average Bonchev–Trinajstić information content (AvgIpc) is 2.82. The maximum Gasteiger partial charge on any atom is 0.410 e. The van der Waals surface area contributed by atoms with Gasteiger partial charge in [-0.2, -0.15) is 0 Å². The van der Waals surface area contributed by atoms with Crippen molar-refractivity contribution in [3.05, 3.63) is 71.8 Å². The summed E-state index contributed by atoms with van der Waals surface area (Å²) in [5.74, 6) is -3.42. The molecule has 0 spiro atoms. The smallest absolute Gasteiger partial charge is 0.410 e. The molecule has 0 saturated carbocycles. The van der Waals surface area contributed by atoms with Crippen molar-refractivity contribution in [2.24, 2.45) is 0 Å². The van der Waals surface area contributed by atoms with Gasteiger partial charge in [-0.25, -0.2) is 27.9 Å². The first-order chi connectivity index (χ1) is 18.3. The number of nitrogen functional groups attached to an aromatic ring is 1. The number of aromatic nitrogens is 2. The van der Waals surface area contributed by atoms with Gasteiger partial charge in [-0.1, -0.05) is 18.2 Å². The minimum atomic E-state index is -3.21. The van der Waals surface area contributed by atoms with Crippen LogP contribution in [-0.4, -0.2) is 57.3 Å². The van der Waals surface area contributed by atoms with Gasteiger partial charge in [0.25, 0.3) is 5.92 Å². The molecule has 1 saturated heterocycles. The Hall–Kier alpha value is -4.35. The molecule has 1 atom stereocenters. The van der Waals surface area contributed by atoms with E-state index in [0.717, 1.165) is 17.3 Å². The number of piperidine rings is 1. The summed E-state index contributed by atoms with van der Waals surface area (Å²) in [7, 11) is 0. The molecular weight excluding hydrogens is 513 g/mol. The molecule has 1 aliphatic rings. The van der Waals surface area contributed by atoms with Gasteiger partial charge in [-0.3, -0.25) is 5.41 Å². The maximum atomic E-state index is 15.1. The third-order valence-corrected chi connectivity index (χ3v) is 5.72. The van der Waals surface area contributed by atoms with Crippen molar-refractivity contribution in [3.8, 4) is 11.5 Å². The Morgan fingerprint density at radius 3 is 2.54 bits per heavy atom. The lowest BCUT2D eigenvalue weighted by atomic mass is 10.00. The van der Waals surface area contributed by atoms with Gasteiger partial charge in [-0.05, 0) is 45.0 Å². The van der Waals surface area contributed by atoms with Crippen LogP contribution in [0.5, 0.6) is 11.5 Å². The van der Waals surface area contributed by atoms with Crippen molar-refractivity contribution >= 4 is 23.4 Å². The van der Waals surface area contributed by atoms with Crippen molar-refractivity contribution in [1.82, 2.24) is 14.9 Å². The third-order valence-electron chi connectivity index (χ3n) is 5.72. The fourth-order valence-electron chi connectivity index (χ4n) is 4.13. The van der Waals surface area contributed by atoms with E-state index in [1.54, 1.807) is 45.0 Å². The van der Waals surface area contributed by atoms with Crippen LogP contribution in [0.2, 0.25) is 0 Å². The molecule has 2 heterocycles. The van der Waals surface area contributed by atoms with Crippen LogP contribution in [-0.2, 0) is 4.74 Å². The molecule has 1 amide bonds. The van der Waals surface area contributed by atoms with Gasteiger partial charge in [0, 0.05) is 24.6 Å². The highest BCUT2D eigenvalue weighted by Gasteiger charge is 2.43. The zero-order valence-corrected chi connectivity index (χ0v) is 21.7. The highest BCUT2D eigenvalue weighted by Crippen LogP contribution is 2.32. The van der Waals surface area contributed by atoms with E-state index >= 15 is 4.39 Å². The number of alkyl halides is 2. The van der Waals surface area contributed by atoms with E-state index in [9.17, 15) is 13.6 Å². The number of nitrogens with zero attached hydrogens (tertiary/aromatic N) is 3. The molecule has 0 radical (unpaired) electrons. The van der Waals surface area contributed by atoms with Crippen LogP contribution in [0.15, 0.2) is 54.9 Å². The molecule has 4 rings (SSSR count). The second-order valence-corrected chi connectivity index (χ2v) is 10.2. The molecule has 1 aliphatic heterocycles. The first-order valence-corrected chi connectivity index (χ1v) is 12.2. The van der Waals surface area contributed by atoms with Crippen LogP contribution in [0.3, 0.4) is 0 Å². The van der Waals surface area contributed by atoms with Crippen LogP contribution < -0.4 is 15.8 Å². The fraction of sp³-hybridized carbons (Fsp3) is 0.333. The third kappa shape index (κ3) is 6.95. The Bertz CT molecular complexity index is 1360. The average molecular weight is 543 g/mol. The number of rotatable bonds is 6. The van der Waals surface area contributed by atoms with Crippen molar-refractivity contribution < 1.29 is 27.4 Å². The highest BCUT2D eigenvalue weighted by atomic mass is 19.3. The van der Waals surface area contributed by atoms with E-state index in [2.05, 4.69) is 15.3 Å². The standard InChI is InChI=1S/C27H29F3N6O3/c1-26(2,3)39-25(37)36-13-16(12-27(29,30)14-36)35-24-21(23(32)33-15-34-24)22(31)19-10-9-18(11-20(19)28)38-17-7-5-4-6-8-17/h4-11,15-16,31H,12-14H2,1-3H3,(H3,32,33,34,35). The first-order valence-electron chi connectivity index (χ1n) is 12.2. The summed E-state index contributed by atoms with van der Waals surface area (Å²) < 4.78 is 55.2. The van der Waals surface area contributed by atoms with Gasteiger partial charge in [-0.15, -0.1) is 0 Å². The molecule has 1 unspecified atom stereocenters. The van der Waals surface area contributed by atoms with E-state index in [1.165, 1.54) is 12.1 Å². The molecule has 0 bridgehead atoms. The molecule has 39 heavy (non-hydrogen) atoms. The number of nitrogens with one attached hydrogen (secondary N) is 2. The van der Waals surface area contributed by atoms with Crippen molar-refractivity contribution in [3.63, 3.8) is 0 Å². The Morgan fingerprint density at radius 1 is 1.15 bits per heavy atom. The normalized spacial score (nSPS) is 16.9. The summed E-state index contributed by atoms with van der Waals surface area (Å²) in [6.07, 6.45) is -0.374. The Kier molecular flexibility index (Phi) is 7.66. The van der Waals surface area contributed by atoms with E-state index in [4.69, 9.17) is 20.6 Å². The second-order valence-electron chi connectivity index (χ2n) is 10.2. The molecule has 206 valence electrons. The SMILES string of the molecule is CC(C)(C)OC(=O)N1CC(Nc2ncnc(N)c2C(=N)c2ccc(Oc3ccccc3)cc2F)CC(F)(F)C1. The number of hydrogen-bond acceptors (Lipinski definition) is 8. The van der Waals surface area contributed by atoms with Crippen LogP contribution in [0, 0.1) is 11.2 Å². The molecule has 12 heteroatoms. The topological polar surface area (TPSA) is 126 Å². The molecule has 1 fully saturated rings. The van der Waals surface area contributed by atoms with Crippen LogP contribution in [0.1, 0.15) is 38.3 Å². The summed E-state index contributed by atoms with van der Waals surface area (Å²) in [5, 5.41) is 11.5. The Labute approximate surface area is 223 Å². The number of nitrogens with two attached hydrogens (primary N) is 1. The minimum absolute atomic E-state index is 0.0386. The summed E-state index contributed by atoms with van der Waals surface area (Å²) in [4.78, 5) is 21.4. The molecular formula is C27H29F3N6O3. The second kappa shape index (κ2) is 10.8. The number of para-hydroxylation sites is 1. The number of carbonyl (C=O) groups is 1. The zero-order valence-electron chi connectivity index (χ0n) is 21.7. The number of hydrogen-bond donors (Lipinski definition) is 3. The summed E-state index contributed by atoms with van der Waals surface area (Å²) in [6.45, 7) is 4.02. The fourth-order valence-corrected chi connectivity index (χ4v) is 4.13. The first kappa shape index (κ1) is 27.7. The van der Waals surface area contributed by atoms with Crippen molar-refractivity contribution in [1.29, 1.82) is 5.41 Å². The minimum Gasteiger partial charge on any atom is -0.457 e. The molecule has 2 aromatic carbocycles. The molecule has 0 aliphatic carbocycles. The number of anilines is 2. The Morgan fingerprint density at radius 2 is 1.87 bits per heavy atom. The monoisotopic (exact) mass is 542 g/mol. The van der Waals surface area contributed by atoms with Crippen LogP contribution in [0.25, 0.3) is 0 Å². The van der Waals surface area contributed by atoms with Crippen molar-refractivity contribution in [2.45, 2.75) is 44.8 Å². The predicted molar refractivity (Wildman–Crippen MR) is 140 cm³/mol. The number of benzene rings is 2. The number of halogens is 3. The Balaban J connectivity index is 1.57. The van der Waals surface area contributed by atoms with E-state index in [0.29, 0.717) is 5.75 Å². The van der Waals surface area contributed by atoms with Crippen LogP contribution >= 0.6 is 0 Å². The quantitative estimate of drug-likeness (QED) is 0.353. The lowest BCUT2D eigenvalue weighted by Gasteiger charge is -2.38. The van der Waals surface area contributed by atoms with Gasteiger partial charge in [0.2, 0.25) is 0 Å². The van der Waals surface area contributed by atoms with E-state index in [-0.39, 0.29) is 40.8 Å². The summed E-state index contributed by atoms with van der Waals surface area (Å²) in [6, 6.07) is 11.8. The largest absolute Gasteiger partial charge is 0.457 e. The number of carbonyl (C=O) groups excluding carboxylic acids is 1. The van der Waals surface area contributed by atoms with Gasteiger partial charge >= 0.3 is 6.09 Å². The number of likely N-dealkylation sites (tertiary alicyclic amines) is 1. The lowest BCUT2D eigenvalue weighted by Crippen LogP contribution is -2.54. The van der Waals surface area contributed by atoms with E-state index in [1.807, 2.05) is 6.07 Å². The molecule has 1 aromatic heterocycles.